The molecule has 1 unspecified atom stereocenters. The second-order valence-corrected chi connectivity index (χ2v) is 9.36. The number of sulfone groups is 1. The Balaban J connectivity index is 0.00000201. The van der Waals surface area contributed by atoms with Crippen molar-refractivity contribution in [1.29, 1.82) is 0 Å². The van der Waals surface area contributed by atoms with E-state index in [2.05, 4.69) is 12.2 Å². The van der Waals surface area contributed by atoms with Crippen molar-refractivity contribution in [2.75, 3.05) is 37.7 Å². The summed E-state index contributed by atoms with van der Waals surface area (Å²) in [5.74, 6) is 0.103. The number of nitrogens with zero attached hydrogens (tertiary/aromatic N) is 1. The molecule has 1 aliphatic heterocycles. The highest BCUT2D eigenvalue weighted by Crippen LogP contribution is 2.44. The van der Waals surface area contributed by atoms with Crippen molar-refractivity contribution in [3.8, 4) is 0 Å². The molecule has 25 heavy (non-hydrogen) atoms. The third-order valence-corrected chi connectivity index (χ3v) is 6.98. The maximum atomic E-state index is 12.5. The predicted octanol–water partition coefficient (Wildman–Crippen LogP) is 1.89. The Morgan fingerprint density at radius 2 is 1.84 bits per heavy atom. The molecule has 1 aliphatic carbocycles. The molecule has 0 spiro atoms. The highest BCUT2D eigenvalue weighted by Gasteiger charge is 2.44. The molecular weight excluding hydrogens is 340 g/mol. The lowest BCUT2D eigenvalue weighted by Crippen LogP contribution is -2.46. The van der Waals surface area contributed by atoms with Crippen LogP contribution in [0.1, 0.15) is 54.8 Å². The Bertz CT molecular complexity index is 554. The molecule has 148 valence electrons. The largest absolute Gasteiger partial charge is 0.348 e. The van der Waals surface area contributed by atoms with Crippen LogP contribution in [-0.2, 0) is 19.4 Å². The summed E-state index contributed by atoms with van der Waals surface area (Å²) in [5, 5.41) is 2.72. The molecule has 2 aliphatic rings. The van der Waals surface area contributed by atoms with E-state index in [1.165, 1.54) is 0 Å². The van der Waals surface area contributed by atoms with Gasteiger partial charge in [0.15, 0.2) is 9.84 Å². The van der Waals surface area contributed by atoms with Crippen molar-refractivity contribution in [3.05, 3.63) is 0 Å². The van der Waals surface area contributed by atoms with Gasteiger partial charge in [0.1, 0.15) is 0 Å². The lowest BCUT2D eigenvalue weighted by atomic mass is 9.78. The molecule has 0 aromatic carbocycles. The molecule has 1 saturated carbocycles. The number of nitrogens with one attached hydrogen (secondary N) is 1. The van der Waals surface area contributed by atoms with E-state index in [4.69, 9.17) is 0 Å². The maximum absolute atomic E-state index is 12.5. The highest BCUT2D eigenvalue weighted by molar-refractivity contribution is 7.91. The second-order valence-electron chi connectivity index (χ2n) is 7.06. The fourth-order valence-corrected chi connectivity index (χ4v) is 4.98. The first-order valence-corrected chi connectivity index (χ1v) is 11.4. The molecule has 0 aromatic rings. The summed E-state index contributed by atoms with van der Waals surface area (Å²) >= 11 is 0. The Morgan fingerprint density at radius 3 is 2.32 bits per heavy atom. The number of carbonyl (C=O) groups is 2. The minimum absolute atomic E-state index is 0. The first-order chi connectivity index (χ1) is 11.8. The minimum atomic E-state index is -2.88. The van der Waals surface area contributed by atoms with Gasteiger partial charge in [0.25, 0.3) is 5.91 Å². The summed E-state index contributed by atoms with van der Waals surface area (Å²) in [6, 6.07) is 0. The first-order valence-electron chi connectivity index (χ1n) is 9.53. The quantitative estimate of drug-likeness (QED) is 0.716. The van der Waals surface area contributed by atoms with E-state index < -0.39 is 21.2 Å². The van der Waals surface area contributed by atoms with Gasteiger partial charge >= 0.3 is 0 Å². The third kappa shape index (κ3) is 6.06. The van der Waals surface area contributed by atoms with Crippen LogP contribution in [0.15, 0.2) is 0 Å². The molecule has 1 saturated heterocycles. The molecule has 2 fully saturated rings. The Morgan fingerprint density at radius 1 is 1.24 bits per heavy atom. The molecule has 1 amide bonds. The highest BCUT2D eigenvalue weighted by atomic mass is 32.2. The van der Waals surface area contributed by atoms with Crippen molar-refractivity contribution >= 4 is 21.5 Å². The number of carbonyl (C=O) groups excluding carboxylic acids is 2. The third-order valence-electron chi connectivity index (χ3n) is 5.37. The van der Waals surface area contributed by atoms with Crippen LogP contribution in [-0.4, -0.2) is 62.7 Å². The summed E-state index contributed by atoms with van der Waals surface area (Å²) in [5.41, 5.74) is -0.470. The zero-order valence-electron chi connectivity index (χ0n) is 16.1. The standard InChI is InChI=1S/C16H28N2O4S.C2H6.H2/c1-3-16(5-4-13(2)12-16)14(19)15(20)17-6-7-18-8-10-23(21,22)11-9-18;1-2;/h13H,3-12H2,1-2H3,(H,17,20);1-2H3;1H/t13?,16-;;/m1../s1. The lowest BCUT2D eigenvalue weighted by Gasteiger charge is -2.27. The maximum Gasteiger partial charge on any atom is 0.288 e. The fourth-order valence-electron chi connectivity index (χ4n) is 3.70. The summed E-state index contributed by atoms with van der Waals surface area (Å²) in [4.78, 5) is 26.7. The number of rotatable bonds is 6. The zero-order chi connectivity index (χ0) is 19.1. The van der Waals surface area contributed by atoms with Gasteiger partial charge in [0.05, 0.1) is 11.5 Å². The molecule has 1 heterocycles. The minimum Gasteiger partial charge on any atom is -0.348 e. The van der Waals surface area contributed by atoms with Crippen molar-refractivity contribution in [2.45, 2.75) is 53.4 Å². The fraction of sp³-hybridized carbons (Fsp3) is 0.889. The second kappa shape index (κ2) is 9.67. The van der Waals surface area contributed by atoms with Crippen LogP contribution in [0.5, 0.6) is 0 Å². The average molecular weight is 377 g/mol. The summed E-state index contributed by atoms with van der Waals surface area (Å²) in [6.07, 6.45) is 3.34. The van der Waals surface area contributed by atoms with Gasteiger partial charge < -0.3 is 5.32 Å². The SMILES string of the molecule is CC.CC[C@@]1(C(=O)C(=O)NCCN2CCS(=O)(=O)CC2)CCC(C)C1.[HH]. The van der Waals surface area contributed by atoms with Gasteiger partial charge in [0, 0.05) is 33.0 Å². The van der Waals surface area contributed by atoms with E-state index >= 15 is 0 Å². The summed E-state index contributed by atoms with van der Waals surface area (Å²) < 4.78 is 22.7. The molecule has 2 rings (SSSR count). The van der Waals surface area contributed by atoms with E-state index in [1.807, 2.05) is 25.7 Å². The zero-order valence-corrected chi connectivity index (χ0v) is 17.0. The smallest absolute Gasteiger partial charge is 0.288 e. The number of hydrogen-bond donors (Lipinski definition) is 1. The molecular formula is C18H36N2O4S. The number of hydrogen-bond acceptors (Lipinski definition) is 5. The van der Waals surface area contributed by atoms with E-state index in [1.54, 1.807) is 0 Å². The van der Waals surface area contributed by atoms with Crippen LogP contribution in [0.25, 0.3) is 0 Å². The van der Waals surface area contributed by atoms with Gasteiger partial charge in [-0.1, -0.05) is 27.7 Å². The monoisotopic (exact) mass is 376 g/mol. The van der Waals surface area contributed by atoms with Crippen molar-refractivity contribution in [1.82, 2.24) is 10.2 Å². The van der Waals surface area contributed by atoms with Gasteiger partial charge in [0.2, 0.25) is 5.78 Å². The first kappa shape index (κ1) is 22.1. The number of Topliss-reactive ketones (excluding diaryl/α,β-unsaturated/α-hetero) is 1. The summed E-state index contributed by atoms with van der Waals surface area (Å²) in [7, 11) is -2.88. The summed E-state index contributed by atoms with van der Waals surface area (Å²) in [6.45, 7) is 10.1. The molecule has 0 bridgehead atoms. The normalized spacial score (nSPS) is 28.7. The van der Waals surface area contributed by atoms with Crippen molar-refractivity contribution in [3.63, 3.8) is 0 Å². The Labute approximate surface area is 154 Å². The lowest BCUT2D eigenvalue weighted by molar-refractivity contribution is -0.144. The van der Waals surface area contributed by atoms with Crippen LogP contribution in [0, 0.1) is 11.3 Å². The van der Waals surface area contributed by atoms with E-state index in [0.29, 0.717) is 38.5 Å². The molecule has 6 nitrogen and oxygen atoms in total. The number of ketones is 1. The van der Waals surface area contributed by atoms with E-state index in [9.17, 15) is 18.0 Å². The van der Waals surface area contributed by atoms with E-state index in [-0.39, 0.29) is 18.7 Å². The topological polar surface area (TPSA) is 83.6 Å². The van der Waals surface area contributed by atoms with Gasteiger partial charge in [-0.05, 0) is 31.6 Å². The Hall–Kier alpha value is -0.950. The number of amides is 1. The molecule has 0 radical (unpaired) electrons. The van der Waals surface area contributed by atoms with Crippen LogP contribution >= 0.6 is 0 Å². The average Bonchev–Trinajstić information content (AvgIpc) is 3.00. The van der Waals surface area contributed by atoms with Crippen LogP contribution in [0.4, 0.5) is 0 Å². The predicted molar refractivity (Wildman–Crippen MR) is 102 cm³/mol. The molecule has 7 heteroatoms. The molecule has 2 atom stereocenters. The van der Waals surface area contributed by atoms with Crippen LogP contribution < -0.4 is 5.32 Å². The van der Waals surface area contributed by atoms with E-state index in [0.717, 1.165) is 19.3 Å². The van der Waals surface area contributed by atoms with Gasteiger partial charge in [-0.15, -0.1) is 0 Å². The Kier molecular flexibility index (Phi) is 8.54. The van der Waals surface area contributed by atoms with Gasteiger partial charge in [-0.25, -0.2) is 8.42 Å². The molecule has 0 aromatic heterocycles. The van der Waals surface area contributed by atoms with Crippen LogP contribution in [0.2, 0.25) is 0 Å². The van der Waals surface area contributed by atoms with Gasteiger partial charge in [-0.3, -0.25) is 14.5 Å². The van der Waals surface area contributed by atoms with Crippen LogP contribution in [0.3, 0.4) is 0 Å². The van der Waals surface area contributed by atoms with Crippen molar-refractivity contribution in [2.24, 2.45) is 11.3 Å². The van der Waals surface area contributed by atoms with Gasteiger partial charge in [-0.2, -0.15) is 0 Å². The van der Waals surface area contributed by atoms with Crippen molar-refractivity contribution < 1.29 is 19.4 Å². The molecule has 1 N–H and O–H groups in total.